The van der Waals surface area contributed by atoms with Crippen LogP contribution in [0.15, 0.2) is 17.6 Å². The SMILES string of the molecule is CSc1[nH]cc[n+]1O.[Cl-]. The summed E-state index contributed by atoms with van der Waals surface area (Å²) in [5.41, 5.74) is 0. The molecule has 9 heavy (non-hydrogen) atoms. The van der Waals surface area contributed by atoms with Gasteiger partial charge < -0.3 is 17.6 Å². The zero-order valence-electron chi connectivity index (χ0n) is 4.84. The normalized spacial score (nSPS) is 8.56. The summed E-state index contributed by atoms with van der Waals surface area (Å²) < 4.78 is 1.05. The maximum absolute atomic E-state index is 8.82. The van der Waals surface area contributed by atoms with Gasteiger partial charge in [0.15, 0.2) is 6.20 Å². The first-order chi connectivity index (χ1) is 3.84. The van der Waals surface area contributed by atoms with Gasteiger partial charge in [-0.15, -0.1) is 0 Å². The number of rotatable bonds is 1. The Labute approximate surface area is 63.5 Å². The number of H-pyrrole nitrogens is 1. The molecule has 0 fully saturated rings. The molecule has 0 radical (unpaired) electrons. The molecule has 0 aromatic carbocycles. The van der Waals surface area contributed by atoms with Crippen LogP contribution in [0, 0.1) is 0 Å². The van der Waals surface area contributed by atoms with Crippen LogP contribution in [-0.2, 0) is 0 Å². The Morgan fingerprint density at radius 2 is 2.44 bits per heavy atom. The van der Waals surface area contributed by atoms with Gasteiger partial charge in [-0.25, -0.2) is 4.98 Å². The summed E-state index contributed by atoms with van der Waals surface area (Å²) in [5.74, 6) is 0. The molecule has 1 aromatic heterocycles. The lowest BCUT2D eigenvalue weighted by Gasteiger charge is -1.80. The highest BCUT2D eigenvalue weighted by Gasteiger charge is 2.04. The Kier molecular flexibility index (Phi) is 3.49. The van der Waals surface area contributed by atoms with Gasteiger partial charge in [0.1, 0.15) is 6.20 Å². The number of halogens is 1. The van der Waals surface area contributed by atoms with E-state index in [0.29, 0.717) is 0 Å². The van der Waals surface area contributed by atoms with E-state index in [1.807, 2.05) is 6.26 Å². The second-order valence-corrected chi connectivity index (χ2v) is 2.11. The summed E-state index contributed by atoms with van der Waals surface area (Å²) in [4.78, 5) is 2.83. The summed E-state index contributed by atoms with van der Waals surface area (Å²) in [6.45, 7) is 0. The minimum absolute atomic E-state index is 0. The zero-order chi connectivity index (χ0) is 5.98. The molecule has 0 unspecified atom stereocenters. The summed E-state index contributed by atoms with van der Waals surface area (Å²) >= 11 is 1.46. The minimum Gasteiger partial charge on any atom is -1.00 e. The van der Waals surface area contributed by atoms with Crippen molar-refractivity contribution in [3.63, 3.8) is 0 Å². The maximum Gasteiger partial charge on any atom is 0.354 e. The molecule has 52 valence electrons. The summed E-state index contributed by atoms with van der Waals surface area (Å²) in [7, 11) is 0. The van der Waals surface area contributed by atoms with Crippen molar-refractivity contribution in [3.8, 4) is 0 Å². The van der Waals surface area contributed by atoms with Crippen molar-refractivity contribution < 1.29 is 22.3 Å². The topological polar surface area (TPSA) is 39.9 Å². The van der Waals surface area contributed by atoms with Gasteiger partial charge in [0.25, 0.3) is 0 Å². The molecule has 1 aromatic rings. The van der Waals surface area contributed by atoms with Crippen molar-refractivity contribution in [1.82, 2.24) is 4.98 Å². The number of imidazole rings is 1. The smallest absolute Gasteiger partial charge is 0.354 e. The molecular weight excluding hydrogens is 160 g/mol. The fourth-order valence-corrected chi connectivity index (χ4v) is 0.899. The monoisotopic (exact) mass is 166 g/mol. The summed E-state index contributed by atoms with van der Waals surface area (Å²) in [6, 6.07) is 0. The van der Waals surface area contributed by atoms with E-state index < -0.39 is 0 Å². The van der Waals surface area contributed by atoms with Gasteiger partial charge in [0, 0.05) is 0 Å². The average Bonchev–Trinajstić information content (AvgIpc) is 2.14. The first-order valence-electron chi connectivity index (χ1n) is 2.17. The lowest BCUT2D eigenvalue weighted by atomic mass is 11.0. The van der Waals surface area contributed by atoms with Gasteiger partial charge in [-0.1, -0.05) is 0 Å². The molecular formula is C4H7ClN2OS. The van der Waals surface area contributed by atoms with Crippen LogP contribution in [0.25, 0.3) is 0 Å². The van der Waals surface area contributed by atoms with Gasteiger partial charge >= 0.3 is 5.16 Å². The Balaban J connectivity index is 0.000000640. The zero-order valence-corrected chi connectivity index (χ0v) is 6.41. The lowest BCUT2D eigenvalue weighted by Crippen LogP contribution is -3.00. The molecule has 0 spiro atoms. The first-order valence-corrected chi connectivity index (χ1v) is 3.39. The van der Waals surface area contributed by atoms with E-state index in [9.17, 15) is 0 Å². The molecule has 3 nitrogen and oxygen atoms in total. The van der Waals surface area contributed by atoms with E-state index in [-0.39, 0.29) is 12.4 Å². The summed E-state index contributed by atoms with van der Waals surface area (Å²) in [5, 5.41) is 9.56. The number of aromatic amines is 1. The molecule has 0 bridgehead atoms. The first kappa shape index (κ1) is 8.65. The highest BCUT2D eigenvalue weighted by Crippen LogP contribution is 2.01. The Hall–Kier alpha value is -0.350. The number of aromatic nitrogens is 2. The highest BCUT2D eigenvalue weighted by molar-refractivity contribution is 7.98. The third kappa shape index (κ3) is 1.80. The molecule has 5 heteroatoms. The van der Waals surface area contributed by atoms with Crippen LogP contribution in [0.4, 0.5) is 0 Å². The molecule has 0 atom stereocenters. The van der Waals surface area contributed by atoms with Gasteiger partial charge in [-0.05, 0) is 22.7 Å². The number of nitrogens with zero attached hydrogens (tertiary/aromatic N) is 1. The molecule has 0 saturated carbocycles. The van der Waals surface area contributed by atoms with E-state index in [1.54, 1.807) is 12.4 Å². The Bertz CT molecular complexity index is 179. The molecule has 2 N–H and O–H groups in total. The highest BCUT2D eigenvalue weighted by atomic mass is 35.5. The minimum atomic E-state index is 0. The van der Waals surface area contributed by atoms with E-state index >= 15 is 0 Å². The van der Waals surface area contributed by atoms with Crippen LogP contribution in [0.1, 0.15) is 0 Å². The van der Waals surface area contributed by atoms with Crippen molar-refractivity contribution in [1.29, 1.82) is 0 Å². The van der Waals surface area contributed by atoms with Crippen molar-refractivity contribution in [2.75, 3.05) is 6.26 Å². The largest absolute Gasteiger partial charge is 1.00 e. The van der Waals surface area contributed by atoms with Crippen LogP contribution in [-0.4, -0.2) is 16.4 Å². The summed E-state index contributed by atoms with van der Waals surface area (Å²) in [6.07, 6.45) is 5.11. The van der Waals surface area contributed by atoms with E-state index in [2.05, 4.69) is 4.98 Å². The van der Waals surface area contributed by atoms with Crippen LogP contribution in [0.5, 0.6) is 0 Å². The molecule has 1 rings (SSSR count). The van der Waals surface area contributed by atoms with Gasteiger partial charge in [-0.3, -0.25) is 0 Å². The molecule has 0 aliphatic rings. The third-order valence-corrected chi connectivity index (χ3v) is 1.52. The molecule has 0 aliphatic carbocycles. The maximum atomic E-state index is 8.82. The van der Waals surface area contributed by atoms with Gasteiger partial charge in [-0.2, -0.15) is 0 Å². The van der Waals surface area contributed by atoms with Crippen molar-refractivity contribution in [2.45, 2.75) is 5.16 Å². The molecule has 0 aliphatic heterocycles. The average molecular weight is 167 g/mol. The molecule has 0 amide bonds. The molecule has 1 heterocycles. The van der Waals surface area contributed by atoms with E-state index in [1.165, 1.54) is 11.8 Å². The fraction of sp³-hybridized carbons (Fsp3) is 0.250. The quantitative estimate of drug-likeness (QED) is 0.270. The second kappa shape index (κ2) is 3.63. The van der Waals surface area contributed by atoms with Crippen LogP contribution >= 0.6 is 11.8 Å². The predicted octanol–water partition coefficient (Wildman–Crippen LogP) is -2.73. The van der Waals surface area contributed by atoms with Gasteiger partial charge in [0.05, 0.1) is 0 Å². The second-order valence-electron chi connectivity index (χ2n) is 1.31. The van der Waals surface area contributed by atoms with Gasteiger partial charge in [0.2, 0.25) is 0 Å². The molecule has 0 saturated heterocycles. The Morgan fingerprint density at radius 3 is 2.67 bits per heavy atom. The van der Waals surface area contributed by atoms with Crippen molar-refractivity contribution in [2.24, 2.45) is 0 Å². The third-order valence-electron chi connectivity index (χ3n) is 0.824. The number of hydrogen-bond donors (Lipinski definition) is 2. The van der Waals surface area contributed by atoms with E-state index in [0.717, 1.165) is 9.89 Å². The number of thioether (sulfide) groups is 1. The number of hydrogen-bond acceptors (Lipinski definition) is 2. The van der Waals surface area contributed by atoms with Crippen LogP contribution < -0.4 is 17.1 Å². The number of nitrogens with one attached hydrogen (secondary N) is 1. The van der Waals surface area contributed by atoms with Crippen LogP contribution in [0.3, 0.4) is 0 Å². The van der Waals surface area contributed by atoms with Crippen LogP contribution in [0.2, 0.25) is 0 Å². The Morgan fingerprint density at radius 1 is 1.78 bits per heavy atom. The van der Waals surface area contributed by atoms with Crippen molar-refractivity contribution in [3.05, 3.63) is 12.4 Å². The fourth-order valence-electron chi connectivity index (χ4n) is 0.465. The lowest BCUT2D eigenvalue weighted by molar-refractivity contribution is -0.931. The standard InChI is InChI=1S/C4H6N2OS.ClH/c1-8-4-5-2-3-6(4)7;/h2-3,7H,1H3;1H. The van der Waals surface area contributed by atoms with Crippen molar-refractivity contribution >= 4 is 11.8 Å². The van der Waals surface area contributed by atoms with E-state index in [4.69, 9.17) is 5.21 Å². The predicted molar refractivity (Wildman–Crippen MR) is 30.0 cm³/mol.